The molecule has 0 atom stereocenters. The average Bonchev–Trinajstić information content (AvgIpc) is 2.73. The van der Waals surface area contributed by atoms with Gasteiger partial charge in [-0.3, -0.25) is 9.59 Å². The molecule has 0 radical (unpaired) electrons. The number of rotatable bonds is 20. The molecule has 0 aromatic heterocycles. The molecule has 0 amide bonds. The highest BCUT2D eigenvalue weighted by Crippen LogP contribution is 2.23. The molecule has 0 unspecified atom stereocenters. The normalized spacial score (nSPS) is 10.9. The highest BCUT2D eigenvalue weighted by atomic mass is 16.5. The summed E-state index contributed by atoms with van der Waals surface area (Å²) in [5.41, 5.74) is 2.59. The number of carboxylic acid groups (broad SMARTS) is 2. The monoisotopic (exact) mass is 434 g/mol. The van der Waals surface area contributed by atoms with Gasteiger partial charge in [-0.1, -0.05) is 57.9 Å². The number of aryl methyl sites for hydroxylation is 2. The molecular weight excluding hydrogens is 392 g/mol. The lowest BCUT2D eigenvalue weighted by molar-refractivity contribution is -0.138. The molecule has 0 fully saturated rings. The molecule has 5 heteroatoms. The molecular formula is C26H42O5. The van der Waals surface area contributed by atoms with Crippen LogP contribution in [0.15, 0.2) is 18.2 Å². The van der Waals surface area contributed by atoms with Gasteiger partial charge < -0.3 is 14.9 Å². The van der Waals surface area contributed by atoms with E-state index in [1.807, 2.05) is 0 Å². The van der Waals surface area contributed by atoms with E-state index in [0.717, 1.165) is 63.7 Å². The van der Waals surface area contributed by atoms with E-state index in [0.29, 0.717) is 6.42 Å². The van der Waals surface area contributed by atoms with Gasteiger partial charge in [-0.15, -0.1) is 0 Å². The molecule has 1 aromatic carbocycles. The Morgan fingerprint density at radius 2 is 1.26 bits per heavy atom. The summed E-state index contributed by atoms with van der Waals surface area (Å²) in [6, 6.07) is 6.36. The molecule has 1 aromatic rings. The van der Waals surface area contributed by atoms with E-state index < -0.39 is 11.9 Å². The molecule has 5 nitrogen and oxygen atoms in total. The molecule has 0 saturated carbocycles. The number of carbonyl (C=O) groups is 2. The molecule has 2 N–H and O–H groups in total. The molecule has 31 heavy (non-hydrogen) atoms. The fraction of sp³-hybridized carbons (Fsp3) is 0.692. The van der Waals surface area contributed by atoms with Crippen LogP contribution in [0.2, 0.25) is 0 Å². The van der Waals surface area contributed by atoms with Crippen molar-refractivity contribution in [2.24, 2.45) is 0 Å². The zero-order chi connectivity index (χ0) is 22.7. The van der Waals surface area contributed by atoms with Crippen LogP contribution < -0.4 is 4.74 Å². The van der Waals surface area contributed by atoms with E-state index in [1.54, 1.807) is 0 Å². The van der Waals surface area contributed by atoms with Crippen molar-refractivity contribution >= 4 is 11.9 Å². The summed E-state index contributed by atoms with van der Waals surface area (Å²) in [4.78, 5) is 21.4. The fourth-order valence-corrected chi connectivity index (χ4v) is 3.78. The summed E-state index contributed by atoms with van der Waals surface area (Å²) >= 11 is 0. The lowest BCUT2D eigenvalue weighted by Crippen LogP contribution is -2.01. The molecule has 0 aliphatic carbocycles. The van der Waals surface area contributed by atoms with E-state index in [-0.39, 0.29) is 12.8 Å². The maximum absolute atomic E-state index is 10.7. The van der Waals surface area contributed by atoms with Crippen LogP contribution in [0.4, 0.5) is 0 Å². The van der Waals surface area contributed by atoms with Crippen molar-refractivity contribution in [2.75, 3.05) is 6.61 Å². The van der Waals surface area contributed by atoms with Gasteiger partial charge in [-0.25, -0.2) is 0 Å². The maximum atomic E-state index is 10.7. The van der Waals surface area contributed by atoms with Gasteiger partial charge in [0.25, 0.3) is 0 Å². The summed E-state index contributed by atoms with van der Waals surface area (Å²) in [6.45, 7) is 2.98. The van der Waals surface area contributed by atoms with Crippen LogP contribution in [0.25, 0.3) is 0 Å². The second-order valence-electron chi connectivity index (χ2n) is 8.46. The topological polar surface area (TPSA) is 83.8 Å². The highest BCUT2D eigenvalue weighted by molar-refractivity contribution is 5.66. The van der Waals surface area contributed by atoms with E-state index in [4.69, 9.17) is 14.9 Å². The first-order valence-corrected chi connectivity index (χ1v) is 12.2. The van der Waals surface area contributed by atoms with Gasteiger partial charge in [0.2, 0.25) is 0 Å². The Balaban J connectivity index is 2.51. The minimum atomic E-state index is -0.729. The van der Waals surface area contributed by atoms with Crippen molar-refractivity contribution in [1.82, 2.24) is 0 Å². The molecule has 0 heterocycles. The third kappa shape index (κ3) is 14.6. The quantitative estimate of drug-likeness (QED) is 0.220. The predicted octanol–water partition coefficient (Wildman–Crippen LogP) is 6.80. The Morgan fingerprint density at radius 3 is 1.87 bits per heavy atom. The van der Waals surface area contributed by atoms with Crippen LogP contribution in [-0.4, -0.2) is 28.8 Å². The van der Waals surface area contributed by atoms with Crippen molar-refractivity contribution in [2.45, 2.75) is 110 Å². The van der Waals surface area contributed by atoms with E-state index in [2.05, 4.69) is 25.1 Å². The zero-order valence-electron chi connectivity index (χ0n) is 19.4. The molecule has 0 aliphatic heterocycles. The second-order valence-corrected chi connectivity index (χ2v) is 8.46. The van der Waals surface area contributed by atoms with Gasteiger partial charge in [0, 0.05) is 12.8 Å². The van der Waals surface area contributed by atoms with Gasteiger partial charge in [0.1, 0.15) is 5.75 Å². The molecule has 0 bridgehead atoms. The molecule has 0 spiro atoms. The molecule has 1 rings (SSSR count). The van der Waals surface area contributed by atoms with Crippen LogP contribution in [0, 0.1) is 0 Å². The summed E-state index contributed by atoms with van der Waals surface area (Å²) in [5, 5.41) is 17.6. The van der Waals surface area contributed by atoms with Crippen molar-refractivity contribution in [3.63, 3.8) is 0 Å². The Labute approximate surface area is 188 Å². The van der Waals surface area contributed by atoms with Crippen LogP contribution in [0.1, 0.15) is 108 Å². The lowest BCUT2D eigenvalue weighted by Gasteiger charge is -2.13. The van der Waals surface area contributed by atoms with Crippen LogP contribution in [0.5, 0.6) is 5.75 Å². The maximum Gasteiger partial charge on any atom is 0.303 e. The van der Waals surface area contributed by atoms with E-state index >= 15 is 0 Å². The van der Waals surface area contributed by atoms with Crippen LogP contribution in [0.3, 0.4) is 0 Å². The Morgan fingerprint density at radius 1 is 0.710 bits per heavy atom. The molecule has 0 saturated heterocycles. The fourth-order valence-electron chi connectivity index (χ4n) is 3.78. The smallest absolute Gasteiger partial charge is 0.303 e. The third-order valence-electron chi connectivity index (χ3n) is 5.62. The van der Waals surface area contributed by atoms with Gasteiger partial charge in [-0.05, 0) is 68.2 Å². The van der Waals surface area contributed by atoms with Crippen molar-refractivity contribution < 1.29 is 24.5 Å². The number of hydrogen-bond donors (Lipinski definition) is 2. The number of hydrogen-bond acceptors (Lipinski definition) is 3. The van der Waals surface area contributed by atoms with Crippen molar-refractivity contribution in [3.8, 4) is 5.75 Å². The molecule has 0 aliphatic rings. The number of ether oxygens (including phenoxy) is 1. The van der Waals surface area contributed by atoms with Crippen LogP contribution in [-0.2, 0) is 22.4 Å². The minimum Gasteiger partial charge on any atom is -0.494 e. The van der Waals surface area contributed by atoms with E-state index in [1.165, 1.54) is 43.2 Å². The highest BCUT2D eigenvalue weighted by Gasteiger charge is 2.07. The SMILES string of the molecule is CCCCCCCCOc1ccc(CCCCCC(=O)O)c(CCCCCC(=O)O)c1. The first-order chi connectivity index (χ1) is 15.0. The van der Waals surface area contributed by atoms with Crippen molar-refractivity contribution in [3.05, 3.63) is 29.3 Å². The number of carboxylic acids is 2. The largest absolute Gasteiger partial charge is 0.494 e. The Bertz CT molecular complexity index is 626. The summed E-state index contributed by atoms with van der Waals surface area (Å²) in [6.07, 6.45) is 15.0. The summed E-state index contributed by atoms with van der Waals surface area (Å²) in [5.74, 6) is -0.537. The first-order valence-electron chi connectivity index (χ1n) is 12.2. The Hall–Kier alpha value is -2.04. The predicted molar refractivity (Wildman–Crippen MR) is 125 cm³/mol. The second kappa shape index (κ2) is 17.6. The Kier molecular flexibility index (Phi) is 15.3. The first kappa shape index (κ1) is 27.0. The van der Waals surface area contributed by atoms with Gasteiger partial charge in [-0.2, -0.15) is 0 Å². The summed E-state index contributed by atoms with van der Waals surface area (Å²) < 4.78 is 5.99. The standard InChI is InChI=1S/C26H42O5/c1-2-3-4-5-6-13-20-31-24-19-18-22(14-9-7-11-16-25(27)28)23(21-24)15-10-8-12-17-26(29)30/h18-19,21H,2-17,20H2,1H3,(H,27,28)(H,29,30). The van der Waals surface area contributed by atoms with Crippen molar-refractivity contribution in [1.29, 1.82) is 0 Å². The summed E-state index contributed by atoms with van der Waals surface area (Å²) in [7, 11) is 0. The minimum absolute atomic E-state index is 0.234. The van der Waals surface area contributed by atoms with Gasteiger partial charge >= 0.3 is 11.9 Å². The molecule has 176 valence electrons. The lowest BCUT2D eigenvalue weighted by atomic mass is 9.96. The van der Waals surface area contributed by atoms with E-state index in [9.17, 15) is 9.59 Å². The van der Waals surface area contributed by atoms with Gasteiger partial charge in [0.15, 0.2) is 0 Å². The zero-order valence-corrected chi connectivity index (χ0v) is 19.4. The average molecular weight is 435 g/mol. The number of unbranched alkanes of at least 4 members (excludes halogenated alkanes) is 9. The number of benzene rings is 1. The van der Waals surface area contributed by atoms with Gasteiger partial charge in [0.05, 0.1) is 6.61 Å². The third-order valence-corrected chi connectivity index (χ3v) is 5.62. The number of aliphatic carboxylic acids is 2. The van der Waals surface area contributed by atoms with Crippen LogP contribution >= 0.6 is 0 Å².